The average Bonchev–Trinajstić information content (AvgIpc) is 2.83. The Morgan fingerprint density at radius 3 is 2.89 bits per heavy atom. The highest BCUT2D eigenvalue weighted by Crippen LogP contribution is 2.23. The van der Waals surface area contributed by atoms with E-state index >= 15 is 0 Å². The Kier molecular flexibility index (Phi) is 6.03. The van der Waals surface area contributed by atoms with Crippen LogP contribution >= 0.6 is 22.9 Å². The molecule has 0 aromatic carbocycles. The number of thiophene rings is 1. The van der Waals surface area contributed by atoms with Crippen molar-refractivity contribution in [3.8, 4) is 0 Å². The van der Waals surface area contributed by atoms with Crippen LogP contribution in [0.15, 0.2) is 12.1 Å². The summed E-state index contributed by atoms with van der Waals surface area (Å²) in [4.78, 5) is 22.1. The SMILES string of the molecule is COCCC(CCl)NC(=O)c1ccc([N+](=O)[O-])s1. The van der Waals surface area contributed by atoms with Gasteiger partial charge in [-0.25, -0.2) is 0 Å². The van der Waals surface area contributed by atoms with E-state index in [1.807, 2.05) is 0 Å². The molecule has 1 amide bonds. The van der Waals surface area contributed by atoms with Gasteiger partial charge in [-0.3, -0.25) is 14.9 Å². The maximum Gasteiger partial charge on any atom is 0.324 e. The van der Waals surface area contributed by atoms with Crippen molar-refractivity contribution in [2.24, 2.45) is 0 Å². The number of carbonyl (C=O) groups is 1. The molecule has 8 heteroatoms. The smallest absolute Gasteiger partial charge is 0.324 e. The van der Waals surface area contributed by atoms with Crippen molar-refractivity contribution in [1.82, 2.24) is 5.32 Å². The van der Waals surface area contributed by atoms with Crippen LogP contribution in [0.25, 0.3) is 0 Å². The fraction of sp³-hybridized carbons (Fsp3) is 0.500. The van der Waals surface area contributed by atoms with Gasteiger partial charge in [0.1, 0.15) is 0 Å². The van der Waals surface area contributed by atoms with Crippen LogP contribution in [-0.2, 0) is 4.74 Å². The van der Waals surface area contributed by atoms with Crippen LogP contribution in [0.1, 0.15) is 16.1 Å². The Hall–Kier alpha value is -1.18. The molecule has 18 heavy (non-hydrogen) atoms. The van der Waals surface area contributed by atoms with Gasteiger partial charge in [0.15, 0.2) is 0 Å². The summed E-state index contributed by atoms with van der Waals surface area (Å²) in [5.41, 5.74) is 0. The molecule has 1 heterocycles. The van der Waals surface area contributed by atoms with Crippen molar-refractivity contribution < 1.29 is 14.5 Å². The molecule has 0 saturated carbocycles. The van der Waals surface area contributed by atoms with Gasteiger partial charge in [-0.2, -0.15) is 0 Å². The molecule has 0 bridgehead atoms. The number of nitrogens with one attached hydrogen (secondary N) is 1. The first kappa shape index (κ1) is 14.9. The molecule has 0 aliphatic heterocycles. The monoisotopic (exact) mass is 292 g/mol. The molecule has 0 radical (unpaired) electrons. The van der Waals surface area contributed by atoms with E-state index in [1.165, 1.54) is 12.1 Å². The first-order chi connectivity index (χ1) is 8.58. The third-order valence-electron chi connectivity index (χ3n) is 2.19. The molecular formula is C10H13ClN2O4S. The maximum absolute atomic E-state index is 11.8. The summed E-state index contributed by atoms with van der Waals surface area (Å²) in [6.07, 6.45) is 0.596. The van der Waals surface area contributed by atoms with Crippen LogP contribution in [0.2, 0.25) is 0 Å². The number of nitrogens with zero attached hydrogens (tertiary/aromatic N) is 1. The number of carbonyl (C=O) groups excluding carboxylic acids is 1. The van der Waals surface area contributed by atoms with E-state index in [9.17, 15) is 14.9 Å². The number of rotatable bonds is 7. The molecule has 0 aliphatic carbocycles. The van der Waals surface area contributed by atoms with E-state index < -0.39 is 4.92 Å². The third kappa shape index (κ3) is 4.25. The van der Waals surface area contributed by atoms with Gasteiger partial charge >= 0.3 is 5.00 Å². The van der Waals surface area contributed by atoms with E-state index in [4.69, 9.17) is 16.3 Å². The van der Waals surface area contributed by atoms with Gasteiger partial charge in [0.25, 0.3) is 5.91 Å². The lowest BCUT2D eigenvalue weighted by atomic mass is 10.2. The second kappa shape index (κ2) is 7.30. The zero-order valence-electron chi connectivity index (χ0n) is 9.72. The molecular weight excluding hydrogens is 280 g/mol. The minimum absolute atomic E-state index is 0.0561. The Morgan fingerprint density at radius 1 is 1.67 bits per heavy atom. The summed E-state index contributed by atoms with van der Waals surface area (Å²) in [6, 6.07) is 2.53. The molecule has 6 nitrogen and oxygen atoms in total. The van der Waals surface area contributed by atoms with E-state index in [0.29, 0.717) is 17.9 Å². The Labute approximate surface area is 113 Å². The summed E-state index contributed by atoms with van der Waals surface area (Å²) < 4.78 is 4.90. The zero-order valence-corrected chi connectivity index (χ0v) is 11.3. The summed E-state index contributed by atoms with van der Waals surface area (Å²) in [7, 11) is 1.57. The predicted molar refractivity (Wildman–Crippen MR) is 69.4 cm³/mol. The lowest BCUT2D eigenvalue weighted by Crippen LogP contribution is -2.36. The largest absolute Gasteiger partial charge is 0.385 e. The van der Waals surface area contributed by atoms with Gasteiger partial charge in [0.05, 0.1) is 9.80 Å². The molecule has 0 aliphatic rings. The molecule has 0 fully saturated rings. The molecule has 1 atom stereocenters. The van der Waals surface area contributed by atoms with Crippen LogP contribution in [0.3, 0.4) is 0 Å². The number of amides is 1. The van der Waals surface area contributed by atoms with Crippen molar-refractivity contribution in [2.75, 3.05) is 19.6 Å². The Bertz CT molecular complexity index is 424. The summed E-state index contributed by atoms with van der Waals surface area (Å²) in [6.45, 7) is 0.488. The van der Waals surface area contributed by atoms with Gasteiger partial charge in [0, 0.05) is 31.7 Å². The standard InChI is InChI=1S/C10H13ClN2O4S/c1-17-5-4-7(6-11)12-10(14)8-2-3-9(18-8)13(15)16/h2-3,7H,4-6H2,1H3,(H,12,14). The lowest BCUT2D eigenvalue weighted by molar-refractivity contribution is -0.380. The normalized spacial score (nSPS) is 12.1. The Balaban J connectivity index is 2.59. The number of hydrogen-bond acceptors (Lipinski definition) is 5. The molecule has 1 rings (SSSR count). The summed E-state index contributed by atoms with van der Waals surface area (Å²) >= 11 is 6.56. The van der Waals surface area contributed by atoms with Crippen molar-refractivity contribution in [1.29, 1.82) is 0 Å². The quantitative estimate of drug-likeness (QED) is 0.473. The van der Waals surface area contributed by atoms with Gasteiger partial charge in [0.2, 0.25) is 0 Å². The predicted octanol–water partition coefficient (Wildman–Crippen LogP) is 2.03. The molecule has 1 aromatic heterocycles. The van der Waals surface area contributed by atoms with Crippen molar-refractivity contribution in [3.05, 3.63) is 27.1 Å². The molecule has 1 N–H and O–H groups in total. The lowest BCUT2D eigenvalue weighted by Gasteiger charge is -2.14. The minimum atomic E-state index is -0.522. The first-order valence-corrected chi connectivity index (χ1v) is 6.53. The van der Waals surface area contributed by atoms with E-state index in [0.717, 1.165) is 11.3 Å². The molecule has 100 valence electrons. The molecule has 1 unspecified atom stereocenters. The highest BCUT2D eigenvalue weighted by Gasteiger charge is 2.17. The second-order valence-corrected chi connectivity index (χ2v) is 4.87. The average molecular weight is 293 g/mol. The third-order valence-corrected chi connectivity index (χ3v) is 3.60. The maximum atomic E-state index is 11.8. The van der Waals surface area contributed by atoms with Crippen molar-refractivity contribution >= 4 is 33.8 Å². The molecule has 0 spiro atoms. The van der Waals surface area contributed by atoms with Crippen LogP contribution in [0.5, 0.6) is 0 Å². The zero-order chi connectivity index (χ0) is 13.5. The van der Waals surface area contributed by atoms with Crippen LogP contribution < -0.4 is 5.32 Å². The number of hydrogen-bond donors (Lipinski definition) is 1. The van der Waals surface area contributed by atoms with Crippen LogP contribution in [0.4, 0.5) is 5.00 Å². The van der Waals surface area contributed by atoms with Crippen molar-refractivity contribution in [2.45, 2.75) is 12.5 Å². The number of ether oxygens (including phenoxy) is 1. The number of nitro groups is 1. The number of methoxy groups -OCH3 is 1. The number of halogens is 1. The number of alkyl halides is 1. The van der Waals surface area contributed by atoms with E-state index in [-0.39, 0.29) is 22.8 Å². The van der Waals surface area contributed by atoms with Crippen molar-refractivity contribution in [3.63, 3.8) is 0 Å². The van der Waals surface area contributed by atoms with E-state index in [1.54, 1.807) is 7.11 Å². The van der Waals surface area contributed by atoms with Gasteiger partial charge in [-0.05, 0) is 12.5 Å². The molecule has 1 aromatic rings. The molecule has 0 saturated heterocycles. The van der Waals surface area contributed by atoms with E-state index in [2.05, 4.69) is 5.32 Å². The highest BCUT2D eigenvalue weighted by molar-refractivity contribution is 7.17. The van der Waals surface area contributed by atoms with Crippen LogP contribution in [0, 0.1) is 10.1 Å². The summed E-state index contributed by atoms with van der Waals surface area (Å²) in [5.74, 6) is -0.0856. The fourth-order valence-electron chi connectivity index (χ4n) is 1.25. The minimum Gasteiger partial charge on any atom is -0.385 e. The second-order valence-electron chi connectivity index (χ2n) is 3.50. The topological polar surface area (TPSA) is 81.5 Å². The Morgan fingerprint density at radius 2 is 2.39 bits per heavy atom. The summed E-state index contributed by atoms with van der Waals surface area (Å²) in [5, 5.41) is 13.2. The van der Waals surface area contributed by atoms with Gasteiger partial charge in [-0.15, -0.1) is 11.6 Å². The van der Waals surface area contributed by atoms with Gasteiger partial charge in [-0.1, -0.05) is 11.3 Å². The van der Waals surface area contributed by atoms with Gasteiger partial charge < -0.3 is 10.1 Å². The first-order valence-electron chi connectivity index (χ1n) is 5.18. The van der Waals surface area contributed by atoms with Crippen LogP contribution in [-0.4, -0.2) is 36.5 Å². The highest BCUT2D eigenvalue weighted by atomic mass is 35.5. The fourth-order valence-corrected chi connectivity index (χ4v) is 2.21.